The normalized spacial score (nSPS) is 16.4. The van der Waals surface area contributed by atoms with Crippen LogP contribution < -0.4 is 15.0 Å². The topological polar surface area (TPSA) is 149 Å². The lowest BCUT2D eigenvalue weighted by Gasteiger charge is -2.29. The van der Waals surface area contributed by atoms with Crippen LogP contribution in [0, 0.1) is 12.8 Å². The Morgan fingerprint density at radius 2 is 1.86 bits per heavy atom. The predicted molar refractivity (Wildman–Crippen MR) is 190 cm³/mol. The van der Waals surface area contributed by atoms with Crippen LogP contribution in [0.3, 0.4) is 0 Å². The molecule has 1 aliphatic carbocycles. The Morgan fingerprint density at radius 1 is 1.06 bits per heavy atom. The smallest absolute Gasteiger partial charge is 0.414 e. The highest BCUT2D eigenvalue weighted by Gasteiger charge is 2.48. The van der Waals surface area contributed by atoms with Gasteiger partial charge in [-0.15, -0.1) is 0 Å². The summed E-state index contributed by atoms with van der Waals surface area (Å²) in [6, 6.07) is 14.9. The number of hydrogen-bond acceptors (Lipinski definition) is 8. The van der Waals surface area contributed by atoms with E-state index in [2.05, 4.69) is 10.4 Å². The number of carbonyl (C=O) groups is 4. The number of methoxy groups -OCH3 is 1. The van der Waals surface area contributed by atoms with Crippen molar-refractivity contribution in [3.63, 3.8) is 0 Å². The number of fused-ring (bicyclic) bond motifs is 3. The van der Waals surface area contributed by atoms with Crippen molar-refractivity contribution in [2.75, 3.05) is 31.8 Å². The molecule has 12 nitrogen and oxygen atoms in total. The molecule has 1 aliphatic heterocycles. The molecular weight excluding hydrogens is 699 g/mol. The number of ether oxygens (including phenoxy) is 3. The number of carboxylic acids is 1. The largest absolute Gasteiger partial charge is 0.490 e. The van der Waals surface area contributed by atoms with Crippen LogP contribution in [0.1, 0.15) is 52.2 Å². The van der Waals surface area contributed by atoms with E-state index in [-0.39, 0.29) is 38.2 Å². The molecule has 1 saturated carbocycles. The molecule has 6 rings (SSSR count). The molecule has 3 aromatic carbocycles. The molecule has 1 fully saturated rings. The quantitative estimate of drug-likeness (QED) is 0.116. The van der Waals surface area contributed by atoms with Crippen LogP contribution in [-0.4, -0.2) is 71.7 Å². The summed E-state index contributed by atoms with van der Waals surface area (Å²) in [5.41, 5.74) is 5.40. The van der Waals surface area contributed by atoms with E-state index in [1.807, 2.05) is 43.5 Å². The Kier molecular flexibility index (Phi) is 10.8. The molecule has 2 aliphatic rings. The predicted octanol–water partition coefficient (Wildman–Crippen LogP) is 6.49. The van der Waals surface area contributed by atoms with E-state index in [1.165, 1.54) is 13.2 Å². The summed E-state index contributed by atoms with van der Waals surface area (Å²) < 4.78 is 17.9. The molecule has 0 radical (unpaired) electrons. The van der Waals surface area contributed by atoms with Crippen LogP contribution in [0.2, 0.25) is 10.0 Å². The van der Waals surface area contributed by atoms with E-state index in [1.54, 1.807) is 34.0 Å². The van der Waals surface area contributed by atoms with Gasteiger partial charge in [0.05, 0.1) is 25.5 Å². The number of nitrogens with one attached hydrogen (secondary N) is 1. The zero-order valence-corrected chi connectivity index (χ0v) is 29.4. The van der Waals surface area contributed by atoms with Gasteiger partial charge in [0.1, 0.15) is 25.0 Å². The van der Waals surface area contributed by atoms with Gasteiger partial charge in [0, 0.05) is 45.9 Å². The number of aliphatic carboxylic acids is 1. The number of aromatic nitrogens is 2. The highest BCUT2D eigenvalue weighted by Crippen LogP contribution is 2.57. The lowest BCUT2D eigenvalue weighted by Crippen LogP contribution is -2.41. The van der Waals surface area contributed by atoms with Gasteiger partial charge >= 0.3 is 18.0 Å². The van der Waals surface area contributed by atoms with E-state index in [9.17, 15) is 19.2 Å². The van der Waals surface area contributed by atoms with Gasteiger partial charge in [-0.2, -0.15) is 5.10 Å². The Hall–Kier alpha value is -5.07. The SMILES string of the molecule is COC(=O)C(CCC(=O)O)NC(=O)c1ccc(Cl)c(Cn2cc(-c3cccc4c3[C@H]3C[C@H]3CN4C(=O)OCCOc3cccc(Cl)c3C)cn2)c1. The second-order valence-corrected chi connectivity index (χ2v) is 13.3. The second kappa shape index (κ2) is 15.4. The number of benzene rings is 3. The van der Waals surface area contributed by atoms with Crippen molar-refractivity contribution < 1.29 is 38.5 Å². The monoisotopic (exact) mass is 734 g/mol. The Balaban J connectivity index is 1.14. The molecular formula is C37H36Cl2N4O8. The number of esters is 1. The Morgan fingerprint density at radius 3 is 2.65 bits per heavy atom. The average Bonchev–Trinajstić information content (AvgIpc) is 3.77. The van der Waals surface area contributed by atoms with Crippen LogP contribution in [0.4, 0.5) is 10.5 Å². The molecule has 4 aromatic rings. The molecule has 266 valence electrons. The van der Waals surface area contributed by atoms with Crippen molar-refractivity contribution in [2.24, 2.45) is 5.92 Å². The number of nitrogens with zero attached hydrogens (tertiary/aromatic N) is 3. The Bertz CT molecular complexity index is 1980. The van der Waals surface area contributed by atoms with Crippen LogP contribution in [-0.2, 0) is 25.6 Å². The summed E-state index contributed by atoms with van der Waals surface area (Å²) in [6.07, 6.45) is 3.75. The first-order valence-corrected chi connectivity index (χ1v) is 17.2. The molecule has 0 saturated heterocycles. The molecule has 2 amide bonds. The fourth-order valence-corrected chi connectivity index (χ4v) is 6.69. The van der Waals surface area contributed by atoms with Gasteiger partial charge in [-0.25, -0.2) is 9.59 Å². The van der Waals surface area contributed by atoms with Gasteiger partial charge in [0.25, 0.3) is 5.91 Å². The van der Waals surface area contributed by atoms with Gasteiger partial charge in [-0.05, 0) is 84.7 Å². The van der Waals surface area contributed by atoms with Crippen molar-refractivity contribution in [3.05, 3.63) is 99.3 Å². The molecule has 51 heavy (non-hydrogen) atoms. The van der Waals surface area contributed by atoms with Gasteiger partial charge in [0.2, 0.25) is 0 Å². The Labute approximate surface area is 304 Å². The first kappa shape index (κ1) is 35.7. The van der Waals surface area contributed by atoms with Crippen LogP contribution in [0.25, 0.3) is 11.1 Å². The number of rotatable bonds is 13. The maximum absolute atomic E-state index is 13.3. The second-order valence-electron chi connectivity index (χ2n) is 12.5. The molecule has 2 heterocycles. The minimum absolute atomic E-state index is 0.0825. The van der Waals surface area contributed by atoms with Crippen molar-refractivity contribution in [3.8, 4) is 16.9 Å². The van der Waals surface area contributed by atoms with Crippen molar-refractivity contribution in [1.29, 1.82) is 0 Å². The van der Waals surface area contributed by atoms with Crippen LogP contribution >= 0.6 is 23.2 Å². The number of halogens is 2. The summed E-state index contributed by atoms with van der Waals surface area (Å²) in [5, 5.41) is 17.2. The molecule has 2 N–H and O–H groups in total. The van der Waals surface area contributed by atoms with Crippen molar-refractivity contribution >= 4 is 52.8 Å². The number of carboxylic acid groups (broad SMARTS) is 1. The van der Waals surface area contributed by atoms with Gasteiger partial charge in [-0.3, -0.25) is 19.2 Å². The number of amides is 2. The molecule has 1 aromatic heterocycles. The van der Waals surface area contributed by atoms with Gasteiger partial charge < -0.3 is 24.6 Å². The summed E-state index contributed by atoms with van der Waals surface area (Å²) in [6.45, 7) is 2.97. The van der Waals surface area contributed by atoms with Gasteiger partial charge in [-0.1, -0.05) is 41.4 Å². The van der Waals surface area contributed by atoms with Crippen LogP contribution in [0.5, 0.6) is 5.75 Å². The molecule has 0 spiro atoms. The van der Waals surface area contributed by atoms with E-state index in [0.29, 0.717) is 39.7 Å². The maximum atomic E-state index is 13.3. The van der Waals surface area contributed by atoms with E-state index in [4.69, 9.17) is 42.5 Å². The number of carbonyl (C=O) groups excluding carboxylic acids is 3. The maximum Gasteiger partial charge on any atom is 0.414 e. The third-order valence-electron chi connectivity index (χ3n) is 9.11. The standard InChI is InChI=1S/C37H36Cl2N4O8/c1-21-28(38)6-4-8-32(21)50-13-14-51-37(48)43-20-23-16-27(23)34-26(5-3-7-31(34)43)25-17-40-42(19-25)18-24-15-22(9-10-29(24)39)35(46)41-30(36(47)49-2)11-12-33(44)45/h3-10,15,17,19,23,27,30H,11-14,16,18,20H2,1-2H3,(H,41,46)(H,44,45)/t23-,27-,30?/m0/s1. The molecule has 0 bridgehead atoms. The number of hydrogen-bond donors (Lipinski definition) is 2. The van der Waals surface area contributed by atoms with E-state index in [0.717, 1.165) is 34.4 Å². The van der Waals surface area contributed by atoms with Crippen LogP contribution in [0.15, 0.2) is 67.0 Å². The van der Waals surface area contributed by atoms with Crippen molar-refractivity contribution in [2.45, 2.75) is 44.7 Å². The van der Waals surface area contributed by atoms with Gasteiger partial charge in [0.15, 0.2) is 0 Å². The van der Waals surface area contributed by atoms with E-state index < -0.39 is 30.0 Å². The lowest BCUT2D eigenvalue weighted by atomic mass is 9.93. The first-order valence-electron chi connectivity index (χ1n) is 16.4. The first-order chi connectivity index (χ1) is 24.5. The molecule has 3 atom stereocenters. The zero-order valence-electron chi connectivity index (χ0n) is 27.9. The minimum atomic E-state index is -1.12. The minimum Gasteiger partial charge on any atom is -0.490 e. The lowest BCUT2D eigenvalue weighted by molar-refractivity contribution is -0.143. The number of anilines is 1. The van der Waals surface area contributed by atoms with Crippen molar-refractivity contribution in [1.82, 2.24) is 15.1 Å². The molecule has 14 heteroatoms. The third-order valence-corrected chi connectivity index (χ3v) is 9.89. The summed E-state index contributed by atoms with van der Waals surface area (Å²) in [4.78, 5) is 51.2. The fraction of sp³-hybridized carbons (Fsp3) is 0.324. The zero-order chi connectivity index (χ0) is 36.2. The highest BCUT2D eigenvalue weighted by atomic mass is 35.5. The summed E-state index contributed by atoms with van der Waals surface area (Å²) >= 11 is 12.7. The molecule has 1 unspecified atom stereocenters. The average molecular weight is 736 g/mol. The summed E-state index contributed by atoms with van der Waals surface area (Å²) in [7, 11) is 1.17. The fourth-order valence-electron chi connectivity index (χ4n) is 6.34. The summed E-state index contributed by atoms with van der Waals surface area (Å²) in [5.74, 6) is -1.10. The third kappa shape index (κ3) is 8.13. The highest BCUT2D eigenvalue weighted by molar-refractivity contribution is 6.31. The van der Waals surface area contributed by atoms with E-state index >= 15 is 0 Å².